The van der Waals surface area contributed by atoms with E-state index in [-0.39, 0.29) is 10.1 Å². The summed E-state index contributed by atoms with van der Waals surface area (Å²) >= 11 is 0.972. The average Bonchev–Trinajstić information content (AvgIpc) is 2.55. The zero-order valence-electron chi connectivity index (χ0n) is 9.98. The van der Waals surface area contributed by atoms with E-state index in [1.807, 2.05) is 13.8 Å². The normalized spacial score (nSPS) is 11.8. The van der Waals surface area contributed by atoms with E-state index < -0.39 is 10.0 Å². The highest BCUT2D eigenvalue weighted by atomic mass is 32.2. The summed E-state index contributed by atoms with van der Waals surface area (Å²) < 4.78 is 22.5. The summed E-state index contributed by atoms with van der Waals surface area (Å²) in [6.07, 6.45) is 0. The van der Waals surface area contributed by atoms with Crippen molar-refractivity contribution in [1.29, 1.82) is 0 Å². The maximum Gasteiger partial charge on any atom is 0.252 e. The molecular formula is C10H16N2O3S2. The minimum atomic E-state index is -3.74. The van der Waals surface area contributed by atoms with Gasteiger partial charge in [0.2, 0.25) is 10.0 Å². The third kappa shape index (κ3) is 3.52. The summed E-state index contributed by atoms with van der Waals surface area (Å²) in [5.74, 6) is 0.0814. The Morgan fingerprint density at radius 2 is 2.12 bits per heavy atom. The maximum absolute atomic E-state index is 11.8. The molecule has 0 unspecified atom stereocenters. The van der Waals surface area contributed by atoms with Crippen molar-refractivity contribution in [1.82, 2.24) is 5.32 Å². The summed E-state index contributed by atoms with van der Waals surface area (Å²) in [5, 5.41) is 9.30. The van der Waals surface area contributed by atoms with Gasteiger partial charge in [0.25, 0.3) is 5.91 Å². The zero-order chi connectivity index (χ0) is 13.2. The van der Waals surface area contributed by atoms with Crippen LogP contribution in [0.1, 0.15) is 29.8 Å². The van der Waals surface area contributed by atoms with E-state index in [0.29, 0.717) is 23.6 Å². The molecular weight excluding hydrogens is 260 g/mol. The minimum absolute atomic E-state index is 0.0483. The Bertz CT molecular complexity index is 518. The number of amides is 1. The molecule has 96 valence electrons. The first-order chi connectivity index (χ1) is 7.73. The van der Waals surface area contributed by atoms with E-state index >= 15 is 0 Å². The second kappa shape index (κ2) is 5.16. The van der Waals surface area contributed by atoms with Gasteiger partial charge in [-0.15, -0.1) is 11.3 Å². The van der Waals surface area contributed by atoms with Gasteiger partial charge in [-0.05, 0) is 18.4 Å². The Morgan fingerprint density at radius 1 is 1.53 bits per heavy atom. The van der Waals surface area contributed by atoms with Crippen molar-refractivity contribution >= 4 is 27.3 Å². The lowest BCUT2D eigenvalue weighted by atomic mass is 10.2. The molecule has 17 heavy (non-hydrogen) atoms. The summed E-state index contributed by atoms with van der Waals surface area (Å²) in [6, 6.07) is 0. The van der Waals surface area contributed by atoms with Gasteiger partial charge in [0.15, 0.2) is 0 Å². The lowest BCUT2D eigenvalue weighted by Crippen LogP contribution is -2.27. The van der Waals surface area contributed by atoms with Gasteiger partial charge in [0, 0.05) is 11.9 Å². The molecule has 0 aromatic carbocycles. The first-order valence-electron chi connectivity index (χ1n) is 5.12. The van der Waals surface area contributed by atoms with Gasteiger partial charge in [-0.3, -0.25) is 4.79 Å². The van der Waals surface area contributed by atoms with Gasteiger partial charge in [0.05, 0.1) is 5.56 Å². The molecule has 3 N–H and O–H groups in total. The standard InChI is InChI=1S/C10H16N2O3S2/c1-6(2)4-12-9(13)8-5-16-10(7(8)3)17(11,14)15/h5-6H,4H2,1-3H3,(H,12,13)(H2,11,14,15). The van der Waals surface area contributed by atoms with Crippen LogP contribution >= 0.6 is 11.3 Å². The van der Waals surface area contributed by atoms with Crippen LogP contribution in [0.3, 0.4) is 0 Å². The first kappa shape index (κ1) is 14.1. The van der Waals surface area contributed by atoms with Crippen LogP contribution in [-0.4, -0.2) is 20.9 Å². The molecule has 0 saturated heterocycles. The smallest absolute Gasteiger partial charge is 0.252 e. The van der Waals surface area contributed by atoms with E-state index in [0.717, 1.165) is 11.3 Å². The fourth-order valence-electron chi connectivity index (χ4n) is 1.30. The number of nitrogens with two attached hydrogens (primary N) is 1. The Hall–Kier alpha value is -0.920. The van der Waals surface area contributed by atoms with Crippen LogP contribution in [0.25, 0.3) is 0 Å². The van der Waals surface area contributed by atoms with E-state index in [1.165, 1.54) is 5.38 Å². The predicted octanol–water partition coefficient (Wildman–Crippen LogP) is 1.09. The van der Waals surface area contributed by atoms with E-state index in [2.05, 4.69) is 5.32 Å². The van der Waals surface area contributed by atoms with Crippen molar-refractivity contribution in [3.8, 4) is 0 Å². The number of hydrogen-bond donors (Lipinski definition) is 2. The number of carbonyl (C=O) groups excluding carboxylic acids is 1. The number of rotatable bonds is 4. The van der Waals surface area contributed by atoms with Crippen molar-refractivity contribution < 1.29 is 13.2 Å². The molecule has 0 spiro atoms. The van der Waals surface area contributed by atoms with Crippen LogP contribution in [-0.2, 0) is 10.0 Å². The van der Waals surface area contributed by atoms with Crippen LogP contribution in [0.4, 0.5) is 0 Å². The molecule has 0 aliphatic rings. The van der Waals surface area contributed by atoms with Crippen LogP contribution in [0.5, 0.6) is 0 Å². The molecule has 0 atom stereocenters. The van der Waals surface area contributed by atoms with Crippen molar-refractivity contribution in [2.75, 3.05) is 6.54 Å². The van der Waals surface area contributed by atoms with Crippen molar-refractivity contribution in [3.63, 3.8) is 0 Å². The molecule has 1 rings (SSSR count). The maximum atomic E-state index is 11.8. The molecule has 0 aliphatic heterocycles. The molecule has 0 bridgehead atoms. The highest BCUT2D eigenvalue weighted by Gasteiger charge is 2.20. The van der Waals surface area contributed by atoms with Gasteiger partial charge in [-0.25, -0.2) is 13.6 Å². The number of thiophene rings is 1. The summed E-state index contributed by atoms with van der Waals surface area (Å²) in [5.41, 5.74) is 0.790. The molecule has 0 saturated carbocycles. The molecule has 1 aromatic heterocycles. The van der Waals surface area contributed by atoms with Crippen LogP contribution in [0, 0.1) is 12.8 Å². The lowest BCUT2D eigenvalue weighted by molar-refractivity contribution is 0.0948. The van der Waals surface area contributed by atoms with Crippen LogP contribution in [0.15, 0.2) is 9.59 Å². The second-order valence-corrected chi connectivity index (χ2v) is 6.85. The topological polar surface area (TPSA) is 89.3 Å². The number of sulfonamides is 1. The van der Waals surface area contributed by atoms with Gasteiger partial charge in [-0.2, -0.15) is 0 Å². The average molecular weight is 276 g/mol. The molecule has 0 radical (unpaired) electrons. The van der Waals surface area contributed by atoms with Gasteiger partial charge in [-0.1, -0.05) is 13.8 Å². The molecule has 5 nitrogen and oxygen atoms in total. The predicted molar refractivity (Wildman–Crippen MR) is 67.6 cm³/mol. The monoisotopic (exact) mass is 276 g/mol. The molecule has 1 amide bonds. The molecule has 0 aliphatic carbocycles. The summed E-state index contributed by atoms with van der Waals surface area (Å²) in [6.45, 7) is 6.10. The Labute approximate surface area is 105 Å². The Balaban J connectivity index is 2.94. The lowest BCUT2D eigenvalue weighted by Gasteiger charge is -2.07. The Kier molecular flexibility index (Phi) is 4.29. The van der Waals surface area contributed by atoms with Crippen molar-refractivity contribution in [2.24, 2.45) is 11.1 Å². The van der Waals surface area contributed by atoms with E-state index in [4.69, 9.17) is 5.14 Å². The number of carbonyl (C=O) groups is 1. The van der Waals surface area contributed by atoms with Gasteiger partial charge < -0.3 is 5.32 Å². The minimum Gasteiger partial charge on any atom is -0.352 e. The quantitative estimate of drug-likeness (QED) is 0.862. The second-order valence-electron chi connectivity index (χ2n) is 4.21. The molecule has 1 aromatic rings. The summed E-state index contributed by atoms with van der Waals surface area (Å²) in [4.78, 5) is 11.8. The third-order valence-corrected chi connectivity index (χ3v) is 4.85. The number of nitrogens with one attached hydrogen (secondary N) is 1. The number of primary sulfonamides is 1. The SMILES string of the molecule is Cc1c(C(=O)NCC(C)C)csc1S(N)(=O)=O. The first-order valence-corrected chi connectivity index (χ1v) is 7.55. The van der Waals surface area contributed by atoms with Crippen LogP contribution < -0.4 is 10.5 Å². The van der Waals surface area contributed by atoms with Crippen molar-refractivity contribution in [2.45, 2.75) is 25.0 Å². The summed E-state index contributed by atoms with van der Waals surface area (Å²) in [7, 11) is -3.74. The molecule has 0 fully saturated rings. The highest BCUT2D eigenvalue weighted by Crippen LogP contribution is 2.25. The van der Waals surface area contributed by atoms with E-state index in [1.54, 1.807) is 6.92 Å². The molecule has 7 heteroatoms. The van der Waals surface area contributed by atoms with Gasteiger partial charge >= 0.3 is 0 Å². The largest absolute Gasteiger partial charge is 0.352 e. The van der Waals surface area contributed by atoms with E-state index in [9.17, 15) is 13.2 Å². The fraction of sp³-hybridized carbons (Fsp3) is 0.500. The van der Waals surface area contributed by atoms with Crippen LogP contribution in [0.2, 0.25) is 0 Å². The van der Waals surface area contributed by atoms with Crippen molar-refractivity contribution in [3.05, 3.63) is 16.5 Å². The third-order valence-electron chi connectivity index (χ3n) is 2.17. The molecule has 1 heterocycles. The zero-order valence-corrected chi connectivity index (χ0v) is 11.6. The fourth-order valence-corrected chi connectivity index (χ4v) is 3.31. The highest BCUT2D eigenvalue weighted by molar-refractivity contribution is 7.91. The Morgan fingerprint density at radius 3 is 2.53 bits per heavy atom. The van der Waals surface area contributed by atoms with Gasteiger partial charge in [0.1, 0.15) is 4.21 Å². The number of hydrogen-bond acceptors (Lipinski definition) is 4.